The number of nitrogens with zero attached hydrogens (tertiary/aromatic N) is 1. The van der Waals surface area contributed by atoms with E-state index in [9.17, 15) is 4.79 Å². The monoisotopic (exact) mass is 272 g/mol. The lowest BCUT2D eigenvalue weighted by atomic mass is 9.99. The van der Waals surface area contributed by atoms with Crippen LogP contribution in [0, 0.1) is 0 Å². The lowest BCUT2D eigenvalue weighted by molar-refractivity contribution is -0.151. The highest BCUT2D eigenvalue weighted by atomic mass is 16.5. The molecule has 1 heterocycles. The molecule has 1 aliphatic heterocycles. The minimum Gasteiger partial charge on any atom is -0.465 e. The Morgan fingerprint density at radius 3 is 2.47 bits per heavy atom. The van der Waals surface area contributed by atoms with Crippen LogP contribution in [0.3, 0.4) is 0 Å². The third-order valence-electron chi connectivity index (χ3n) is 3.70. The fourth-order valence-electron chi connectivity index (χ4n) is 2.62. The van der Waals surface area contributed by atoms with Crippen LogP contribution >= 0.6 is 0 Å². The van der Waals surface area contributed by atoms with Crippen LogP contribution in [0.4, 0.5) is 0 Å². The molecule has 1 aliphatic rings. The molecular formula is C14H28N2O3. The van der Waals surface area contributed by atoms with Gasteiger partial charge in [0.1, 0.15) is 5.54 Å². The van der Waals surface area contributed by atoms with E-state index in [-0.39, 0.29) is 5.97 Å². The lowest BCUT2D eigenvalue weighted by Crippen LogP contribution is -2.58. The van der Waals surface area contributed by atoms with Crippen molar-refractivity contribution in [2.24, 2.45) is 0 Å². The Labute approximate surface area is 116 Å². The molecule has 1 atom stereocenters. The normalized spacial score (nSPS) is 21.1. The van der Waals surface area contributed by atoms with Crippen molar-refractivity contribution in [3.05, 3.63) is 0 Å². The van der Waals surface area contributed by atoms with Crippen molar-refractivity contribution in [2.45, 2.75) is 45.3 Å². The third kappa shape index (κ3) is 4.75. The van der Waals surface area contributed by atoms with Gasteiger partial charge < -0.3 is 19.7 Å². The minimum atomic E-state index is -0.620. The number of carbonyl (C=O) groups excluding carboxylic acids is 1. The topological polar surface area (TPSA) is 50.8 Å². The number of likely N-dealkylation sites (N-methyl/N-ethyl adjacent to an activating group) is 1. The maximum atomic E-state index is 12.1. The van der Waals surface area contributed by atoms with Gasteiger partial charge >= 0.3 is 5.97 Å². The number of nitrogens with one attached hydrogen (secondary N) is 1. The van der Waals surface area contributed by atoms with Crippen LogP contribution in [0.5, 0.6) is 0 Å². The summed E-state index contributed by atoms with van der Waals surface area (Å²) in [5.74, 6) is -0.161. The Morgan fingerprint density at radius 1 is 1.37 bits per heavy atom. The quantitative estimate of drug-likeness (QED) is 0.702. The maximum Gasteiger partial charge on any atom is 0.327 e. The smallest absolute Gasteiger partial charge is 0.327 e. The molecule has 112 valence electrons. The molecular weight excluding hydrogens is 244 g/mol. The standard InChI is InChI=1S/C14H28N2O3/c1-5-15-14(3,13(17)19-6-2)11-16-9-7-12(18-4)8-10-16/h12,15H,5-11H2,1-4H3. The highest BCUT2D eigenvalue weighted by Crippen LogP contribution is 2.17. The first-order chi connectivity index (χ1) is 9.05. The second-order valence-electron chi connectivity index (χ2n) is 5.29. The Balaban J connectivity index is 2.56. The Bertz CT molecular complexity index is 278. The van der Waals surface area contributed by atoms with Crippen molar-refractivity contribution in [3.63, 3.8) is 0 Å². The Kier molecular flexibility index (Phi) is 6.75. The fraction of sp³-hybridized carbons (Fsp3) is 0.929. The van der Waals surface area contributed by atoms with E-state index in [1.807, 2.05) is 20.8 Å². The molecule has 0 amide bonds. The van der Waals surface area contributed by atoms with E-state index in [2.05, 4.69) is 10.2 Å². The lowest BCUT2D eigenvalue weighted by Gasteiger charge is -2.37. The molecule has 5 heteroatoms. The van der Waals surface area contributed by atoms with Gasteiger partial charge in [0.25, 0.3) is 0 Å². The van der Waals surface area contributed by atoms with Crippen molar-refractivity contribution >= 4 is 5.97 Å². The Morgan fingerprint density at radius 2 is 2.00 bits per heavy atom. The molecule has 1 fully saturated rings. The zero-order valence-corrected chi connectivity index (χ0v) is 12.7. The molecule has 1 rings (SSSR count). The summed E-state index contributed by atoms with van der Waals surface area (Å²) < 4.78 is 10.6. The molecule has 1 saturated heterocycles. The van der Waals surface area contributed by atoms with Crippen molar-refractivity contribution in [1.29, 1.82) is 0 Å². The average molecular weight is 272 g/mol. The first kappa shape index (κ1) is 16.4. The summed E-state index contributed by atoms with van der Waals surface area (Å²) in [6.45, 7) is 9.59. The van der Waals surface area contributed by atoms with Gasteiger partial charge in [0.2, 0.25) is 0 Å². The van der Waals surface area contributed by atoms with Crippen LogP contribution in [0.1, 0.15) is 33.6 Å². The number of esters is 1. The number of ether oxygens (including phenoxy) is 2. The number of hydrogen-bond acceptors (Lipinski definition) is 5. The highest BCUT2D eigenvalue weighted by Gasteiger charge is 2.36. The molecule has 1 unspecified atom stereocenters. The third-order valence-corrected chi connectivity index (χ3v) is 3.70. The van der Waals surface area contributed by atoms with E-state index in [1.54, 1.807) is 7.11 Å². The number of piperidine rings is 1. The highest BCUT2D eigenvalue weighted by molar-refractivity contribution is 5.80. The first-order valence-corrected chi connectivity index (χ1v) is 7.23. The predicted molar refractivity (Wildman–Crippen MR) is 75.2 cm³/mol. The summed E-state index contributed by atoms with van der Waals surface area (Å²) in [7, 11) is 1.77. The van der Waals surface area contributed by atoms with E-state index < -0.39 is 5.54 Å². The molecule has 5 nitrogen and oxygen atoms in total. The van der Waals surface area contributed by atoms with Crippen molar-refractivity contribution in [2.75, 3.05) is 39.9 Å². The number of likely N-dealkylation sites (tertiary alicyclic amines) is 1. The van der Waals surface area contributed by atoms with Crippen molar-refractivity contribution in [3.8, 4) is 0 Å². The van der Waals surface area contributed by atoms with Gasteiger partial charge in [0.15, 0.2) is 0 Å². The van der Waals surface area contributed by atoms with Gasteiger partial charge in [-0.25, -0.2) is 0 Å². The van der Waals surface area contributed by atoms with Gasteiger partial charge in [-0.05, 0) is 33.2 Å². The van der Waals surface area contributed by atoms with Crippen molar-refractivity contribution < 1.29 is 14.3 Å². The van der Waals surface area contributed by atoms with Crippen LogP contribution < -0.4 is 5.32 Å². The summed E-state index contributed by atoms with van der Waals surface area (Å²) in [5, 5.41) is 3.27. The summed E-state index contributed by atoms with van der Waals surface area (Å²) in [4.78, 5) is 14.4. The van der Waals surface area contributed by atoms with Gasteiger partial charge in [-0.1, -0.05) is 6.92 Å². The van der Waals surface area contributed by atoms with E-state index >= 15 is 0 Å². The van der Waals surface area contributed by atoms with E-state index in [0.29, 0.717) is 19.3 Å². The summed E-state index contributed by atoms with van der Waals surface area (Å²) in [6.07, 6.45) is 2.42. The number of hydrogen-bond donors (Lipinski definition) is 1. The average Bonchev–Trinajstić information content (AvgIpc) is 2.40. The second kappa shape index (κ2) is 7.82. The maximum absolute atomic E-state index is 12.1. The fourth-order valence-corrected chi connectivity index (χ4v) is 2.62. The molecule has 0 aliphatic carbocycles. The zero-order valence-electron chi connectivity index (χ0n) is 12.7. The van der Waals surface area contributed by atoms with Crippen LogP contribution in [-0.2, 0) is 14.3 Å². The van der Waals surface area contributed by atoms with Crippen LogP contribution in [0.25, 0.3) is 0 Å². The number of methoxy groups -OCH3 is 1. The number of rotatable bonds is 7. The molecule has 0 aromatic rings. The van der Waals surface area contributed by atoms with E-state index in [0.717, 1.165) is 32.5 Å². The summed E-state index contributed by atoms with van der Waals surface area (Å²) >= 11 is 0. The summed E-state index contributed by atoms with van der Waals surface area (Å²) in [5.41, 5.74) is -0.620. The molecule has 0 bridgehead atoms. The Hall–Kier alpha value is -0.650. The van der Waals surface area contributed by atoms with Crippen LogP contribution in [0.2, 0.25) is 0 Å². The van der Waals surface area contributed by atoms with Gasteiger partial charge in [0, 0.05) is 26.7 Å². The van der Waals surface area contributed by atoms with Crippen molar-refractivity contribution in [1.82, 2.24) is 10.2 Å². The van der Waals surface area contributed by atoms with Gasteiger partial charge in [-0.3, -0.25) is 4.79 Å². The largest absolute Gasteiger partial charge is 0.465 e. The molecule has 0 aromatic heterocycles. The molecule has 1 N–H and O–H groups in total. The van der Waals surface area contributed by atoms with Crippen LogP contribution in [-0.4, -0.2) is 62.4 Å². The molecule has 19 heavy (non-hydrogen) atoms. The molecule has 0 spiro atoms. The van der Waals surface area contributed by atoms with Crippen LogP contribution in [0.15, 0.2) is 0 Å². The summed E-state index contributed by atoms with van der Waals surface area (Å²) in [6, 6.07) is 0. The zero-order chi connectivity index (χ0) is 14.3. The minimum absolute atomic E-state index is 0.161. The van der Waals surface area contributed by atoms with E-state index in [4.69, 9.17) is 9.47 Å². The first-order valence-electron chi connectivity index (χ1n) is 7.23. The SMILES string of the molecule is CCNC(C)(CN1CCC(OC)CC1)C(=O)OCC. The van der Waals surface area contributed by atoms with Gasteiger partial charge in [0.05, 0.1) is 12.7 Å². The second-order valence-corrected chi connectivity index (χ2v) is 5.29. The number of carbonyl (C=O) groups is 1. The molecule has 0 radical (unpaired) electrons. The van der Waals surface area contributed by atoms with Gasteiger partial charge in [-0.2, -0.15) is 0 Å². The predicted octanol–water partition coefficient (Wildman–Crippen LogP) is 1.03. The molecule has 0 aromatic carbocycles. The molecule has 0 saturated carbocycles. The van der Waals surface area contributed by atoms with Gasteiger partial charge in [-0.15, -0.1) is 0 Å². The van der Waals surface area contributed by atoms with E-state index in [1.165, 1.54) is 0 Å².